The summed E-state index contributed by atoms with van der Waals surface area (Å²) < 4.78 is 22.2. The zero-order valence-corrected chi connectivity index (χ0v) is 12.4. The normalized spacial score (nSPS) is 18.2. The third kappa shape index (κ3) is 3.93. The molecule has 0 radical (unpaired) electrons. The molecule has 0 atom stereocenters. The zero-order valence-electron chi connectivity index (χ0n) is 10.8. The van der Waals surface area contributed by atoms with E-state index in [1.54, 1.807) is 11.3 Å². The van der Waals surface area contributed by atoms with Gasteiger partial charge in [-0.15, -0.1) is 11.3 Å². The molecule has 1 aliphatic rings. The predicted octanol–water partition coefficient (Wildman–Crippen LogP) is 0.618. The number of piperazine rings is 1. The van der Waals surface area contributed by atoms with Crippen LogP contribution in [-0.2, 0) is 9.84 Å². The fraction of sp³-hybridized carbons (Fsp3) is 0.727. The first-order valence-electron chi connectivity index (χ1n) is 6.01. The van der Waals surface area contributed by atoms with E-state index in [2.05, 4.69) is 21.7 Å². The van der Waals surface area contributed by atoms with Gasteiger partial charge in [-0.3, -0.25) is 4.90 Å². The van der Waals surface area contributed by atoms with Crippen LogP contribution in [0.1, 0.15) is 4.88 Å². The molecule has 2 heterocycles. The number of aromatic nitrogens is 1. The van der Waals surface area contributed by atoms with Crippen molar-refractivity contribution in [2.45, 2.75) is 6.92 Å². The average Bonchev–Trinajstić information content (AvgIpc) is 2.73. The second kappa shape index (κ2) is 5.54. The Morgan fingerprint density at radius 2 is 2.00 bits per heavy atom. The summed E-state index contributed by atoms with van der Waals surface area (Å²) in [5.41, 5.74) is 0. The summed E-state index contributed by atoms with van der Waals surface area (Å²) in [6.45, 7) is 6.38. The first-order chi connectivity index (χ1) is 8.44. The van der Waals surface area contributed by atoms with Crippen molar-refractivity contribution in [1.82, 2.24) is 9.88 Å². The van der Waals surface area contributed by atoms with Crippen molar-refractivity contribution >= 4 is 26.3 Å². The van der Waals surface area contributed by atoms with Gasteiger partial charge in [0.1, 0.15) is 9.84 Å². The van der Waals surface area contributed by atoms with Gasteiger partial charge in [-0.1, -0.05) is 0 Å². The number of hydrogen-bond donors (Lipinski definition) is 0. The monoisotopic (exact) mass is 289 g/mol. The average molecular weight is 289 g/mol. The Kier molecular flexibility index (Phi) is 4.24. The van der Waals surface area contributed by atoms with Gasteiger partial charge < -0.3 is 4.90 Å². The molecule has 1 saturated heterocycles. The van der Waals surface area contributed by atoms with E-state index in [4.69, 9.17) is 0 Å². The summed E-state index contributed by atoms with van der Waals surface area (Å²) in [6.07, 6.45) is 3.19. The van der Waals surface area contributed by atoms with Crippen molar-refractivity contribution in [3.63, 3.8) is 0 Å². The molecule has 1 fully saturated rings. The maximum absolute atomic E-state index is 11.1. The van der Waals surface area contributed by atoms with Gasteiger partial charge in [0.25, 0.3) is 0 Å². The quantitative estimate of drug-likeness (QED) is 0.813. The van der Waals surface area contributed by atoms with E-state index in [0.29, 0.717) is 6.54 Å². The van der Waals surface area contributed by atoms with Crippen LogP contribution in [0.4, 0.5) is 5.13 Å². The van der Waals surface area contributed by atoms with Crippen LogP contribution in [0.2, 0.25) is 0 Å². The summed E-state index contributed by atoms with van der Waals surface area (Å²) in [5.74, 6) is 0.253. The first-order valence-corrected chi connectivity index (χ1v) is 8.89. The Labute approximate surface area is 112 Å². The van der Waals surface area contributed by atoms with Crippen LogP contribution in [0.3, 0.4) is 0 Å². The molecule has 0 amide bonds. The van der Waals surface area contributed by atoms with Crippen molar-refractivity contribution < 1.29 is 8.42 Å². The number of anilines is 1. The molecule has 0 unspecified atom stereocenters. The van der Waals surface area contributed by atoms with E-state index >= 15 is 0 Å². The number of thiazole rings is 1. The Morgan fingerprint density at radius 1 is 1.33 bits per heavy atom. The molecular weight excluding hydrogens is 270 g/mol. The fourth-order valence-corrected chi connectivity index (χ4v) is 3.35. The highest BCUT2D eigenvalue weighted by Gasteiger charge is 2.19. The molecule has 2 rings (SSSR count). The van der Waals surface area contributed by atoms with Crippen LogP contribution in [0, 0.1) is 6.92 Å². The van der Waals surface area contributed by atoms with Crippen molar-refractivity contribution in [3.8, 4) is 0 Å². The van der Waals surface area contributed by atoms with Crippen LogP contribution in [0.15, 0.2) is 6.20 Å². The van der Waals surface area contributed by atoms with Crippen molar-refractivity contribution in [1.29, 1.82) is 0 Å². The third-order valence-corrected chi connectivity index (χ3v) is 4.93. The highest BCUT2D eigenvalue weighted by atomic mass is 32.2. The zero-order chi connectivity index (χ0) is 13.2. The lowest BCUT2D eigenvalue weighted by Crippen LogP contribution is -2.47. The van der Waals surface area contributed by atoms with E-state index in [9.17, 15) is 8.42 Å². The summed E-state index contributed by atoms with van der Waals surface area (Å²) in [7, 11) is -2.85. The predicted molar refractivity (Wildman–Crippen MR) is 75.2 cm³/mol. The number of hydrogen-bond acceptors (Lipinski definition) is 6. The van der Waals surface area contributed by atoms with Gasteiger partial charge >= 0.3 is 0 Å². The summed E-state index contributed by atoms with van der Waals surface area (Å²) in [6, 6.07) is 0. The van der Waals surface area contributed by atoms with E-state index < -0.39 is 9.84 Å². The number of sulfone groups is 1. The maximum Gasteiger partial charge on any atom is 0.185 e. The summed E-state index contributed by atoms with van der Waals surface area (Å²) in [4.78, 5) is 10.1. The Balaban J connectivity index is 1.81. The second-order valence-electron chi connectivity index (χ2n) is 4.71. The Hall–Kier alpha value is -0.660. The molecule has 0 N–H and O–H groups in total. The topological polar surface area (TPSA) is 53.5 Å². The molecule has 5 nitrogen and oxygen atoms in total. The highest BCUT2D eigenvalue weighted by molar-refractivity contribution is 7.90. The Bertz CT molecular complexity index is 490. The lowest BCUT2D eigenvalue weighted by molar-refractivity contribution is 0.272. The SMILES string of the molecule is Cc1cnc(N2CCN(CCS(C)(=O)=O)CC2)s1. The van der Waals surface area contributed by atoms with Crippen LogP contribution >= 0.6 is 11.3 Å². The minimum absolute atomic E-state index is 0.253. The van der Waals surface area contributed by atoms with E-state index in [1.807, 2.05) is 6.20 Å². The van der Waals surface area contributed by atoms with Gasteiger partial charge in [-0.2, -0.15) is 0 Å². The molecule has 18 heavy (non-hydrogen) atoms. The smallest absolute Gasteiger partial charge is 0.185 e. The van der Waals surface area contributed by atoms with Crippen LogP contribution < -0.4 is 4.90 Å². The fourth-order valence-electron chi connectivity index (χ4n) is 1.95. The van der Waals surface area contributed by atoms with Crippen molar-refractivity contribution in [2.75, 3.05) is 49.6 Å². The minimum Gasteiger partial charge on any atom is -0.346 e. The number of nitrogens with zero attached hydrogens (tertiary/aromatic N) is 3. The molecule has 1 aromatic heterocycles. The lowest BCUT2D eigenvalue weighted by atomic mass is 10.3. The Morgan fingerprint density at radius 3 is 2.50 bits per heavy atom. The molecule has 0 saturated carbocycles. The number of rotatable bonds is 4. The van der Waals surface area contributed by atoms with Crippen molar-refractivity contribution in [3.05, 3.63) is 11.1 Å². The molecule has 0 bridgehead atoms. The molecule has 0 spiro atoms. The van der Waals surface area contributed by atoms with Crippen molar-refractivity contribution in [2.24, 2.45) is 0 Å². The largest absolute Gasteiger partial charge is 0.346 e. The van der Waals surface area contributed by atoms with Crippen LogP contribution in [-0.4, -0.2) is 63.0 Å². The molecular formula is C11H19N3O2S2. The second-order valence-corrected chi connectivity index (χ2v) is 8.19. The van der Waals surface area contributed by atoms with E-state index in [1.165, 1.54) is 11.1 Å². The number of aryl methyl sites for hydroxylation is 1. The molecule has 1 aliphatic heterocycles. The van der Waals surface area contributed by atoms with Gasteiger partial charge in [-0.05, 0) is 6.92 Å². The molecule has 0 aromatic carbocycles. The lowest BCUT2D eigenvalue weighted by Gasteiger charge is -2.34. The van der Waals surface area contributed by atoms with Crippen LogP contribution in [0.25, 0.3) is 0 Å². The van der Waals surface area contributed by atoms with Crippen LogP contribution in [0.5, 0.6) is 0 Å². The molecule has 102 valence electrons. The maximum atomic E-state index is 11.1. The van der Waals surface area contributed by atoms with Gasteiger partial charge in [0, 0.05) is 50.1 Å². The first kappa shape index (κ1) is 13.8. The molecule has 7 heteroatoms. The van der Waals surface area contributed by atoms with Gasteiger partial charge in [-0.25, -0.2) is 13.4 Å². The van der Waals surface area contributed by atoms with Gasteiger partial charge in [0.15, 0.2) is 5.13 Å². The summed E-state index contributed by atoms with van der Waals surface area (Å²) >= 11 is 1.71. The standard InChI is InChI=1S/C11H19N3O2S2/c1-10-9-12-11(17-10)14-5-3-13(4-6-14)7-8-18(2,15)16/h9H,3-8H2,1-2H3. The van der Waals surface area contributed by atoms with Gasteiger partial charge in [0.2, 0.25) is 0 Å². The van der Waals surface area contributed by atoms with E-state index in [-0.39, 0.29) is 5.75 Å². The summed E-state index contributed by atoms with van der Waals surface area (Å²) in [5, 5.41) is 1.08. The molecule has 0 aliphatic carbocycles. The van der Waals surface area contributed by atoms with Gasteiger partial charge in [0.05, 0.1) is 5.75 Å². The highest BCUT2D eigenvalue weighted by Crippen LogP contribution is 2.22. The van der Waals surface area contributed by atoms with E-state index in [0.717, 1.165) is 31.3 Å². The molecule has 1 aromatic rings. The minimum atomic E-state index is -2.85. The third-order valence-electron chi connectivity index (χ3n) is 3.03.